The summed E-state index contributed by atoms with van der Waals surface area (Å²) in [4.78, 5) is 13.0. The van der Waals surface area contributed by atoms with Gasteiger partial charge in [0, 0.05) is 31.2 Å². The molecule has 0 saturated heterocycles. The normalized spacial score (nSPS) is 10.9. The van der Waals surface area contributed by atoms with Crippen molar-refractivity contribution in [2.45, 2.75) is 6.42 Å². The van der Waals surface area contributed by atoms with Crippen molar-refractivity contribution in [3.63, 3.8) is 0 Å². The number of hydrogen-bond donors (Lipinski definition) is 0. The van der Waals surface area contributed by atoms with E-state index < -0.39 is 0 Å². The highest BCUT2D eigenvalue weighted by Gasteiger charge is 2.13. The molecule has 24 heavy (non-hydrogen) atoms. The van der Waals surface area contributed by atoms with Crippen molar-refractivity contribution in [2.75, 3.05) is 0 Å². The first-order chi connectivity index (χ1) is 11.8. The van der Waals surface area contributed by atoms with Crippen LogP contribution in [0.1, 0.15) is 11.6 Å². The predicted molar refractivity (Wildman–Crippen MR) is 84.6 cm³/mol. The summed E-state index contributed by atoms with van der Waals surface area (Å²) in [5.41, 5.74) is 2.75. The van der Waals surface area contributed by atoms with Crippen molar-refractivity contribution < 1.29 is 4.52 Å². The molecule has 0 aliphatic rings. The van der Waals surface area contributed by atoms with Crippen LogP contribution in [0.2, 0.25) is 0 Å². The van der Waals surface area contributed by atoms with E-state index >= 15 is 0 Å². The van der Waals surface area contributed by atoms with Gasteiger partial charge >= 0.3 is 0 Å². The lowest BCUT2D eigenvalue weighted by Gasteiger charge is -2.00. The van der Waals surface area contributed by atoms with E-state index in [0.29, 0.717) is 24.0 Å². The molecule has 0 N–H and O–H groups in total. The largest absolute Gasteiger partial charge is 0.338 e. The Labute approximate surface area is 137 Å². The first-order valence-electron chi connectivity index (χ1n) is 7.33. The van der Waals surface area contributed by atoms with Crippen LogP contribution in [0.5, 0.6) is 0 Å². The van der Waals surface area contributed by atoms with Gasteiger partial charge in [0.25, 0.3) is 0 Å². The van der Waals surface area contributed by atoms with E-state index in [1.54, 1.807) is 30.3 Å². The highest BCUT2D eigenvalue weighted by Crippen LogP contribution is 2.19. The Morgan fingerprint density at radius 1 is 1.00 bits per heavy atom. The Hall–Kier alpha value is -3.42. The molecule has 3 heterocycles. The predicted octanol–water partition coefficient (Wildman–Crippen LogP) is 1.91. The molecule has 4 rings (SSSR count). The summed E-state index contributed by atoms with van der Waals surface area (Å²) in [7, 11) is 1.80. The maximum absolute atomic E-state index is 5.23. The standard InChI is InChI=1S/C16H13N7O/c1-23-10-13(20-22-23)7-14-19-16(21-24-14)15-17-8-12(9-18-15)11-5-3-2-4-6-11/h2-6,8-10H,7H2,1H3. The van der Waals surface area contributed by atoms with Gasteiger partial charge in [-0.2, -0.15) is 4.98 Å². The van der Waals surface area contributed by atoms with Gasteiger partial charge in [0.15, 0.2) is 0 Å². The molecule has 8 heteroatoms. The van der Waals surface area contributed by atoms with E-state index in [4.69, 9.17) is 4.52 Å². The molecule has 0 fully saturated rings. The molecule has 8 nitrogen and oxygen atoms in total. The van der Waals surface area contributed by atoms with Crippen LogP contribution in [0.25, 0.3) is 22.8 Å². The third-order valence-electron chi connectivity index (χ3n) is 3.41. The van der Waals surface area contributed by atoms with Crippen LogP contribution in [-0.4, -0.2) is 35.1 Å². The third kappa shape index (κ3) is 2.89. The van der Waals surface area contributed by atoms with Crippen molar-refractivity contribution in [1.29, 1.82) is 0 Å². The molecule has 0 spiro atoms. The van der Waals surface area contributed by atoms with Crippen molar-refractivity contribution >= 4 is 0 Å². The first kappa shape index (κ1) is 14.2. The highest BCUT2D eigenvalue weighted by atomic mass is 16.5. The number of hydrogen-bond acceptors (Lipinski definition) is 7. The Kier molecular flexibility index (Phi) is 3.54. The minimum Gasteiger partial charge on any atom is -0.338 e. The molecule has 0 saturated carbocycles. The van der Waals surface area contributed by atoms with Crippen LogP contribution >= 0.6 is 0 Å². The van der Waals surface area contributed by atoms with E-state index in [-0.39, 0.29) is 0 Å². The van der Waals surface area contributed by atoms with Crippen LogP contribution in [0.3, 0.4) is 0 Å². The minimum absolute atomic E-state index is 0.355. The van der Waals surface area contributed by atoms with E-state index in [1.807, 2.05) is 30.3 Å². The van der Waals surface area contributed by atoms with Gasteiger partial charge in [0.1, 0.15) is 0 Å². The lowest BCUT2D eigenvalue weighted by Crippen LogP contribution is -1.93. The lowest BCUT2D eigenvalue weighted by molar-refractivity contribution is 0.384. The Morgan fingerprint density at radius 3 is 2.50 bits per heavy atom. The Bertz CT molecular complexity index is 944. The Morgan fingerprint density at radius 2 is 1.79 bits per heavy atom. The molecule has 4 aromatic rings. The van der Waals surface area contributed by atoms with Gasteiger partial charge in [-0.15, -0.1) is 5.10 Å². The molecule has 0 radical (unpaired) electrons. The van der Waals surface area contributed by atoms with Gasteiger partial charge in [0.05, 0.1) is 12.1 Å². The fourth-order valence-electron chi connectivity index (χ4n) is 2.27. The average Bonchev–Trinajstić information content (AvgIpc) is 3.25. The molecule has 0 atom stereocenters. The molecule has 3 aromatic heterocycles. The second-order valence-corrected chi connectivity index (χ2v) is 5.23. The zero-order valence-electron chi connectivity index (χ0n) is 12.9. The maximum atomic E-state index is 5.23. The molecule has 0 unspecified atom stereocenters. The van der Waals surface area contributed by atoms with Crippen LogP contribution < -0.4 is 0 Å². The van der Waals surface area contributed by atoms with Crippen LogP contribution in [0, 0.1) is 0 Å². The summed E-state index contributed by atoms with van der Waals surface area (Å²) in [6.45, 7) is 0. The van der Waals surface area contributed by atoms with Gasteiger partial charge in [0.2, 0.25) is 17.5 Å². The zero-order chi connectivity index (χ0) is 16.4. The van der Waals surface area contributed by atoms with Crippen molar-refractivity contribution in [2.24, 2.45) is 7.05 Å². The van der Waals surface area contributed by atoms with Gasteiger partial charge in [-0.05, 0) is 5.56 Å². The molecule has 118 valence electrons. The molecule has 1 aromatic carbocycles. The fraction of sp³-hybridized carbons (Fsp3) is 0.125. The molecular weight excluding hydrogens is 306 g/mol. The Balaban J connectivity index is 1.54. The highest BCUT2D eigenvalue weighted by molar-refractivity contribution is 5.62. The zero-order valence-corrected chi connectivity index (χ0v) is 12.9. The number of rotatable bonds is 4. The summed E-state index contributed by atoms with van der Waals surface area (Å²) in [5.74, 6) is 1.22. The van der Waals surface area contributed by atoms with Crippen LogP contribution in [-0.2, 0) is 13.5 Å². The van der Waals surface area contributed by atoms with Crippen molar-refractivity contribution in [3.05, 3.63) is 60.5 Å². The van der Waals surface area contributed by atoms with Gasteiger partial charge in [-0.25, -0.2) is 9.97 Å². The van der Waals surface area contributed by atoms with Gasteiger partial charge in [-0.3, -0.25) is 4.68 Å². The molecule has 0 amide bonds. The summed E-state index contributed by atoms with van der Waals surface area (Å²) in [6.07, 6.45) is 5.71. The summed E-state index contributed by atoms with van der Waals surface area (Å²) in [6, 6.07) is 9.93. The quantitative estimate of drug-likeness (QED) is 0.567. The topological polar surface area (TPSA) is 95.4 Å². The summed E-state index contributed by atoms with van der Waals surface area (Å²) in [5, 5.41) is 11.8. The average molecular weight is 319 g/mol. The first-order valence-corrected chi connectivity index (χ1v) is 7.33. The van der Waals surface area contributed by atoms with E-state index in [0.717, 1.165) is 16.8 Å². The number of aryl methyl sites for hydroxylation is 1. The summed E-state index contributed by atoms with van der Waals surface area (Å²) < 4.78 is 6.85. The third-order valence-corrected chi connectivity index (χ3v) is 3.41. The number of benzene rings is 1. The van der Waals surface area contributed by atoms with Gasteiger partial charge in [-0.1, -0.05) is 40.7 Å². The maximum Gasteiger partial charge on any atom is 0.240 e. The lowest BCUT2D eigenvalue weighted by atomic mass is 10.1. The summed E-state index contributed by atoms with van der Waals surface area (Å²) >= 11 is 0. The van der Waals surface area contributed by atoms with Crippen LogP contribution in [0.4, 0.5) is 0 Å². The van der Waals surface area contributed by atoms with Gasteiger partial charge < -0.3 is 4.52 Å². The molecule has 0 aliphatic heterocycles. The van der Waals surface area contributed by atoms with E-state index in [1.165, 1.54) is 0 Å². The molecule has 0 aliphatic carbocycles. The monoisotopic (exact) mass is 319 g/mol. The number of nitrogens with zero attached hydrogens (tertiary/aromatic N) is 7. The molecule has 0 bridgehead atoms. The fourth-order valence-corrected chi connectivity index (χ4v) is 2.27. The minimum atomic E-state index is 0.355. The van der Waals surface area contributed by atoms with Crippen molar-refractivity contribution in [1.82, 2.24) is 35.1 Å². The molecular formula is C16H13N7O. The van der Waals surface area contributed by atoms with E-state index in [9.17, 15) is 0 Å². The smallest absolute Gasteiger partial charge is 0.240 e. The van der Waals surface area contributed by atoms with Crippen molar-refractivity contribution in [3.8, 4) is 22.8 Å². The van der Waals surface area contributed by atoms with Crippen LogP contribution in [0.15, 0.2) is 53.4 Å². The van der Waals surface area contributed by atoms with E-state index in [2.05, 4.69) is 30.4 Å². The number of aromatic nitrogens is 7. The SMILES string of the molecule is Cn1cc(Cc2nc(-c3ncc(-c4ccccc4)cn3)no2)nn1. The second-order valence-electron chi connectivity index (χ2n) is 5.23. The second kappa shape index (κ2) is 5.99.